The van der Waals surface area contributed by atoms with Crippen molar-refractivity contribution in [2.75, 3.05) is 5.32 Å². The Hall–Kier alpha value is -1.42. The minimum absolute atomic E-state index is 0.829. The maximum Gasteiger partial charge on any atom is 0.130 e. The van der Waals surface area contributed by atoms with E-state index in [1.165, 1.54) is 15.3 Å². The number of anilines is 1. The highest BCUT2D eigenvalue weighted by Crippen LogP contribution is 2.21. The molecule has 0 atom stereocenters. The predicted molar refractivity (Wildman–Crippen MR) is 77.3 cm³/mol. The van der Waals surface area contributed by atoms with Crippen LogP contribution >= 0.6 is 11.3 Å². The molecule has 0 spiro atoms. The smallest absolute Gasteiger partial charge is 0.130 e. The molecule has 2 aromatic rings. The van der Waals surface area contributed by atoms with Crippen molar-refractivity contribution in [2.45, 2.75) is 40.7 Å². The molecule has 1 N–H and O–H groups in total. The summed E-state index contributed by atoms with van der Waals surface area (Å²) in [5.74, 6) is 1.75. The third kappa shape index (κ3) is 3.07. The van der Waals surface area contributed by atoms with Crippen molar-refractivity contribution >= 4 is 17.2 Å². The number of aryl methyl sites for hydroxylation is 4. The van der Waals surface area contributed by atoms with Crippen molar-refractivity contribution in [1.82, 2.24) is 9.97 Å². The van der Waals surface area contributed by atoms with Crippen LogP contribution in [0.2, 0.25) is 0 Å². The van der Waals surface area contributed by atoms with Crippen molar-refractivity contribution in [1.29, 1.82) is 0 Å². The number of nitrogens with one attached hydrogen (secondary N) is 1. The van der Waals surface area contributed by atoms with Crippen LogP contribution in [0.25, 0.3) is 0 Å². The van der Waals surface area contributed by atoms with Crippen LogP contribution in [0.3, 0.4) is 0 Å². The van der Waals surface area contributed by atoms with Crippen LogP contribution in [0, 0.1) is 20.8 Å². The quantitative estimate of drug-likeness (QED) is 0.913. The van der Waals surface area contributed by atoms with Crippen molar-refractivity contribution in [3.63, 3.8) is 0 Å². The summed E-state index contributed by atoms with van der Waals surface area (Å²) in [7, 11) is 0. The van der Waals surface area contributed by atoms with Gasteiger partial charge < -0.3 is 5.32 Å². The van der Waals surface area contributed by atoms with Gasteiger partial charge in [0, 0.05) is 21.5 Å². The lowest BCUT2D eigenvalue weighted by atomic mass is 10.3. The maximum atomic E-state index is 4.41. The first-order chi connectivity index (χ1) is 8.58. The van der Waals surface area contributed by atoms with Gasteiger partial charge in [-0.25, -0.2) is 9.97 Å². The topological polar surface area (TPSA) is 37.8 Å². The van der Waals surface area contributed by atoms with Gasteiger partial charge in [-0.05, 0) is 38.8 Å². The highest BCUT2D eigenvalue weighted by Gasteiger charge is 2.03. The summed E-state index contributed by atoms with van der Waals surface area (Å²) in [5.41, 5.74) is 2.45. The van der Waals surface area contributed by atoms with E-state index >= 15 is 0 Å². The molecule has 2 heterocycles. The summed E-state index contributed by atoms with van der Waals surface area (Å²) in [6.07, 6.45) is 0.940. The molecular formula is C14H19N3S. The average Bonchev–Trinajstić information content (AvgIpc) is 2.65. The number of thiophene rings is 1. The van der Waals surface area contributed by atoms with E-state index in [2.05, 4.69) is 42.1 Å². The van der Waals surface area contributed by atoms with Crippen LogP contribution in [0.5, 0.6) is 0 Å². The first-order valence-corrected chi connectivity index (χ1v) is 7.04. The van der Waals surface area contributed by atoms with Crippen molar-refractivity contribution < 1.29 is 0 Å². The van der Waals surface area contributed by atoms with Gasteiger partial charge in [-0.2, -0.15) is 0 Å². The summed E-state index contributed by atoms with van der Waals surface area (Å²) in [6, 6.07) is 4.27. The Bertz CT molecular complexity index is 526. The molecule has 0 radical (unpaired) electrons. The lowest BCUT2D eigenvalue weighted by Gasteiger charge is -2.06. The molecule has 0 amide bonds. The fourth-order valence-electron chi connectivity index (χ4n) is 1.82. The number of hydrogen-bond acceptors (Lipinski definition) is 4. The van der Waals surface area contributed by atoms with Crippen molar-refractivity contribution in [2.24, 2.45) is 0 Å². The van der Waals surface area contributed by atoms with Gasteiger partial charge in [0.2, 0.25) is 0 Å². The molecule has 0 unspecified atom stereocenters. The molecule has 2 rings (SSSR count). The monoisotopic (exact) mass is 261 g/mol. The van der Waals surface area contributed by atoms with Crippen molar-refractivity contribution in [3.05, 3.63) is 39.0 Å². The highest BCUT2D eigenvalue weighted by molar-refractivity contribution is 7.12. The van der Waals surface area contributed by atoms with E-state index in [4.69, 9.17) is 0 Å². The molecule has 0 bridgehead atoms. The Morgan fingerprint density at radius 1 is 1.17 bits per heavy atom. The van der Waals surface area contributed by atoms with E-state index in [1.54, 1.807) is 0 Å². The van der Waals surface area contributed by atoms with Gasteiger partial charge in [-0.3, -0.25) is 0 Å². The summed E-state index contributed by atoms with van der Waals surface area (Å²) < 4.78 is 0. The number of rotatable bonds is 4. The fraction of sp³-hybridized carbons (Fsp3) is 0.429. The van der Waals surface area contributed by atoms with Gasteiger partial charge in [-0.15, -0.1) is 11.3 Å². The molecule has 4 heteroatoms. The molecule has 96 valence electrons. The Kier molecular flexibility index (Phi) is 3.97. The van der Waals surface area contributed by atoms with E-state index < -0.39 is 0 Å². The SMILES string of the molecule is CCc1cc(NCc2cc(C)c(C)s2)nc(C)n1. The molecular weight excluding hydrogens is 242 g/mol. The minimum atomic E-state index is 0.829. The average molecular weight is 261 g/mol. The van der Waals surface area contributed by atoms with Crippen LogP contribution < -0.4 is 5.32 Å². The Labute approximate surface area is 112 Å². The van der Waals surface area contributed by atoms with E-state index in [1.807, 2.05) is 24.3 Å². The first kappa shape index (κ1) is 13.0. The van der Waals surface area contributed by atoms with Crippen LogP contribution in [-0.2, 0) is 13.0 Å². The Morgan fingerprint density at radius 2 is 1.94 bits per heavy atom. The summed E-state index contributed by atoms with van der Waals surface area (Å²) >= 11 is 1.84. The lowest BCUT2D eigenvalue weighted by Crippen LogP contribution is -2.03. The normalized spacial score (nSPS) is 10.7. The van der Waals surface area contributed by atoms with Gasteiger partial charge in [0.1, 0.15) is 11.6 Å². The maximum absolute atomic E-state index is 4.41. The highest BCUT2D eigenvalue weighted by atomic mass is 32.1. The van der Waals surface area contributed by atoms with E-state index in [-0.39, 0.29) is 0 Å². The van der Waals surface area contributed by atoms with Gasteiger partial charge in [0.05, 0.1) is 6.54 Å². The molecule has 0 saturated heterocycles. The second kappa shape index (κ2) is 5.48. The summed E-state index contributed by atoms with van der Waals surface area (Å²) in [6.45, 7) is 9.19. The Balaban J connectivity index is 2.07. The third-order valence-electron chi connectivity index (χ3n) is 2.91. The molecule has 2 aromatic heterocycles. The fourth-order valence-corrected chi connectivity index (χ4v) is 2.81. The number of nitrogens with zero attached hydrogens (tertiary/aromatic N) is 2. The summed E-state index contributed by atoms with van der Waals surface area (Å²) in [4.78, 5) is 11.5. The zero-order valence-corrected chi connectivity index (χ0v) is 12.2. The molecule has 18 heavy (non-hydrogen) atoms. The van der Waals surface area contributed by atoms with Crippen LogP contribution in [0.1, 0.15) is 33.8 Å². The van der Waals surface area contributed by atoms with E-state index in [0.29, 0.717) is 0 Å². The molecule has 0 fully saturated rings. The molecule has 0 saturated carbocycles. The third-order valence-corrected chi connectivity index (χ3v) is 4.07. The second-order valence-electron chi connectivity index (χ2n) is 4.45. The number of hydrogen-bond donors (Lipinski definition) is 1. The molecule has 0 aliphatic rings. The van der Waals surface area contributed by atoms with Crippen molar-refractivity contribution in [3.8, 4) is 0 Å². The number of aromatic nitrogens is 2. The molecule has 0 aliphatic heterocycles. The molecule has 0 aromatic carbocycles. The van der Waals surface area contributed by atoms with Gasteiger partial charge in [0.15, 0.2) is 0 Å². The first-order valence-electron chi connectivity index (χ1n) is 6.23. The summed E-state index contributed by atoms with van der Waals surface area (Å²) in [5, 5.41) is 3.38. The van der Waals surface area contributed by atoms with Crippen LogP contribution in [0.15, 0.2) is 12.1 Å². The zero-order valence-electron chi connectivity index (χ0n) is 11.4. The lowest BCUT2D eigenvalue weighted by molar-refractivity contribution is 0.943. The van der Waals surface area contributed by atoms with Gasteiger partial charge in [0.25, 0.3) is 0 Å². The standard InChI is InChI=1S/C14H19N3S/c1-5-12-7-14(17-11(4)16-12)15-8-13-6-9(2)10(3)18-13/h6-7H,5,8H2,1-4H3,(H,15,16,17). The second-order valence-corrected chi connectivity index (χ2v) is 5.79. The van der Waals surface area contributed by atoms with Gasteiger partial charge in [-0.1, -0.05) is 6.92 Å². The van der Waals surface area contributed by atoms with E-state index in [0.717, 1.165) is 30.3 Å². The Morgan fingerprint density at radius 3 is 2.56 bits per heavy atom. The largest absolute Gasteiger partial charge is 0.365 e. The van der Waals surface area contributed by atoms with Crippen LogP contribution in [0.4, 0.5) is 5.82 Å². The van der Waals surface area contributed by atoms with Crippen LogP contribution in [-0.4, -0.2) is 9.97 Å². The minimum Gasteiger partial charge on any atom is -0.365 e. The molecule has 0 aliphatic carbocycles. The van der Waals surface area contributed by atoms with E-state index in [9.17, 15) is 0 Å². The predicted octanol–water partition coefficient (Wildman–Crippen LogP) is 3.64. The molecule has 3 nitrogen and oxygen atoms in total. The zero-order chi connectivity index (χ0) is 13.1. The van der Waals surface area contributed by atoms with Gasteiger partial charge >= 0.3 is 0 Å².